The second-order valence-corrected chi connectivity index (χ2v) is 36.1. The van der Waals surface area contributed by atoms with Crippen LogP contribution in [0, 0.1) is 23.8 Å². The van der Waals surface area contributed by atoms with Crippen molar-refractivity contribution in [3.63, 3.8) is 0 Å². The minimum absolute atomic E-state index is 0.00950. The molecule has 0 amide bonds. The van der Waals surface area contributed by atoms with Crippen LogP contribution >= 0.6 is 0 Å². The fourth-order valence-electron chi connectivity index (χ4n) is 3.42. The molecule has 0 aliphatic carbocycles. The maximum atomic E-state index is 7.16. The highest BCUT2D eigenvalue weighted by molar-refractivity contribution is 6.83. The molecule has 1 rings (SSSR count). The molecule has 0 radical (unpaired) electrons. The minimum Gasteiger partial charge on any atom is -0.414 e. The molecule has 0 spiro atoms. The minimum atomic E-state index is -2.32. The number of terminal acetylenes is 1. The topological polar surface area (TPSA) is 46.2 Å². The Morgan fingerprint density at radius 1 is 0.725 bits per heavy atom. The zero-order chi connectivity index (χ0) is 31.8. The molecular formula is C31H62O5Si4. The van der Waals surface area contributed by atoms with Gasteiger partial charge in [0.2, 0.25) is 0 Å². The van der Waals surface area contributed by atoms with Crippen molar-refractivity contribution < 1.29 is 22.8 Å². The van der Waals surface area contributed by atoms with Gasteiger partial charge in [0.15, 0.2) is 25.0 Å². The van der Waals surface area contributed by atoms with Crippen LogP contribution in [0.1, 0.15) is 62.3 Å². The van der Waals surface area contributed by atoms with Crippen molar-refractivity contribution in [2.45, 2.75) is 160 Å². The second kappa shape index (κ2) is 12.4. The Morgan fingerprint density at radius 2 is 1.18 bits per heavy atom. The molecule has 1 heterocycles. The predicted octanol–water partition coefficient (Wildman–Crippen LogP) is 8.41. The summed E-state index contributed by atoms with van der Waals surface area (Å²) in [7, 11) is -8.22. The molecule has 0 unspecified atom stereocenters. The van der Waals surface area contributed by atoms with Crippen LogP contribution in [0.25, 0.3) is 0 Å². The Hall–Kier alpha value is -0.212. The largest absolute Gasteiger partial charge is 0.414 e. The van der Waals surface area contributed by atoms with Gasteiger partial charge in [-0.3, -0.25) is 0 Å². The number of ether oxygens (including phenoxy) is 2. The van der Waals surface area contributed by atoms with Crippen LogP contribution in [0.15, 0.2) is 0 Å². The average molecular weight is 627 g/mol. The van der Waals surface area contributed by atoms with Crippen LogP contribution in [0.5, 0.6) is 0 Å². The molecule has 0 aromatic carbocycles. The molecule has 5 nitrogen and oxygen atoms in total. The van der Waals surface area contributed by atoms with Crippen LogP contribution < -0.4 is 0 Å². The summed E-state index contributed by atoms with van der Waals surface area (Å²) < 4.78 is 34.2. The van der Waals surface area contributed by atoms with E-state index in [4.69, 9.17) is 29.2 Å². The molecule has 1 saturated heterocycles. The first-order valence-electron chi connectivity index (χ1n) is 14.8. The Labute approximate surface area is 252 Å². The monoisotopic (exact) mass is 626 g/mol. The highest BCUT2D eigenvalue weighted by Gasteiger charge is 2.61. The van der Waals surface area contributed by atoms with Gasteiger partial charge in [-0.2, -0.15) is 0 Å². The van der Waals surface area contributed by atoms with Crippen LogP contribution in [0.2, 0.25) is 74.0 Å². The van der Waals surface area contributed by atoms with Crippen molar-refractivity contribution in [1.82, 2.24) is 0 Å². The smallest absolute Gasteiger partial charge is 0.263 e. The maximum absolute atomic E-state index is 7.16. The van der Waals surface area contributed by atoms with Crippen LogP contribution in [0.4, 0.5) is 0 Å². The average Bonchev–Trinajstić information content (AvgIpc) is 2.99. The van der Waals surface area contributed by atoms with Crippen molar-refractivity contribution in [2.24, 2.45) is 0 Å². The van der Waals surface area contributed by atoms with Crippen LogP contribution in [-0.4, -0.2) is 70.3 Å². The lowest BCUT2D eigenvalue weighted by Gasteiger charge is -2.45. The van der Waals surface area contributed by atoms with Crippen LogP contribution in [0.3, 0.4) is 0 Å². The third kappa shape index (κ3) is 9.39. The van der Waals surface area contributed by atoms with E-state index in [0.717, 1.165) is 0 Å². The van der Waals surface area contributed by atoms with E-state index < -0.39 is 57.1 Å². The lowest BCUT2D eigenvalue weighted by molar-refractivity contribution is -0.212. The molecule has 9 heteroatoms. The van der Waals surface area contributed by atoms with Gasteiger partial charge in [-0.25, -0.2) is 0 Å². The first-order chi connectivity index (χ1) is 17.5. The van der Waals surface area contributed by atoms with Gasteiger partial charge in [0.05, 0.1) is 6.61 Å². The molecule has 0 bridgehead atoms. The molecule has 232 valence electrons. The summed E-state index contributed by atoms with van der Waals surface area (Å²) in [6.45, 7) is 40.9. The van der Waals surface area contributed by atoms with Crippen molar-refractivity contribution in [1.29, 1.82) is 0 Å². The summed E-state index contributed by atoms with van der Waals surface area (Å²) in [6, 6.07) is 0. The normalized spacial score (nSPS) is 25.4. The number of hydrogen-bond acceptors (Lipinski definition) is 5. The lowest BCUT2D eigenvalue weighted by atomic mass is 10.1. The molecule has 0 aromatic rings. The van der Waals surface area contributed by atoms with E-state index in [9.17, 15) is 0 Å². The molecule has 1 fully saturated rings. The van der Waals surface area contributed by atoms with E-state index in [1.807, 2.05) is 0 Å². The fraction of sp³-hybridized carbons (Fsp3) is 0.871. The third-order valence-electron chi connectivity index (χ3n) is 9.27. The van der Waals surface area contributed by atoms with Crippen LogP contribution in [-0.2, 0) is 22.8 Å². The van der Waals surface area contributed by atoms with E-state index in [1.165, 1.54) is 0 Å². The van der Waals surface area contributed by atoms with E-state index >= 15 is 0 Å². The summed E-state index contributed by atoms with van der Waals surface area (Å²) in [5.41, 5.74) is 3.38. The summed E-state index contributed by atoms with van der Waals surface area (Å²) in [5.74, 6) is 4.70. The number of rotatable bonds is 9. The standard InChI is InChI=1S/C31H62O5Si4/c1-20-31(32-22-21-23-37(11,12)13)27(36-40(18,19)30(8,9)10)26(35-39(16,17)29(5,6)7)25(34-31)24-33-38(14,15)28(2,3)4/h1,25-27H,22,24H2,2-19H3/t25-,26+,27-,31-/m1/s1. The molecule has 0 aromatic heterocycles. The highest BCUT2D eigenvalue weighted by Crippen LogP contribution is 2.47. The zero-order valence-electron chi connectivity index (χ0n) is 29.3. The summed E-state index contributed by atoms with van der Waals surface area (Å²) in [6.07, 6.45) is 4.84. The van der Waals surface area contributed by atoms with Crippen molar-refractivity contribution >= 4 is 33.0 Å². The highest BCUT2D eigenvalue weighted by atomic mass is 28.4. The van der Waals surface area contributed by atoms with Gasteiger partial charge < -0.3 is 22.8 Å². The molecule has 0 N–H and O–H groups in total. The van der Waals surface area contributed by atoms with Gasteiger partial charge in [0.1, 0.15) is 33.0 Å². The molecule has 4 atom stereocenters. The first-order valence-corrected chi connectivity index (χ1v) is 27.0. The van der Waals surface area contributed by atoms with Crippen molar-refractivity contribution in [3.8, 4) is 23.8 Å². The van der Waals surface area contributed by atoms with Gasteiger partial charge in [-0.1, -0.05) is 87.9 Å². The van der Waals surface area contributed by atoms with Gasteiger partial charge in [-0.15, -0.1) is 12.0 Å². The Kier molecular flexibility index (Phi) is 11.7. The molecular weight excluding hydrogens is 565 g/mol. The lowest BCUT2D eigenvalue weighted by Crippen LogP contribution is -2.57. The maximum Gasteiger partial charge on any atom is 0.263 e. The SMILES string of the molecule is C#C[C@@]1(OCC#C[Si](C)(C)C)O[C@H](CO[Si](C)(C)C(C)(C)C)[C@H](O[Si](C)(C)C(C)(C)C)[C@H]1O[Si](C)(C)C(C)(C)C. The summed E-state index contributed by atoms with van der Waals surface area (Å²) in [4.78, 5) is 0. The Morgan fingerprint density at radius 3 is 1.57 bits per heavy atom. The first kappa shape index (κ1) is 37.8. The second-order valence-electron chi connectivity index (χ2n) is 17.0. The van der Waals surface area contributed by atoms with Gasteiger partial charge in [0, 0.05) is 0 Å². The van der Waals surface area contributed by atoms with Crippen molar-refractivity contribution in [2.75, 3.05) is 13.2 Å². The molecule has 1 aliphatic heterocycles. The molecule has 0 saturated carbocycles. The van der Waals surface area contributed by atoms with Crippen molar-refractivity contribution in [3.05, 3.63) is 0 Å². The third-order valence-corrected chi connectivity index (χ3v) is 23.6. The van der Waals surface area contributed by atoms with E-state index in [2.05, 4.69) is 139 Å². The van der Waals surface area contributed by atoms with E-state index in [1.54, 1.807) is 0 Å². The quantitative estimate of drug-likeness (QED) is 0.190. The van der Waals surface area contributed by atoms with E-state index in [-0.39, 0.29) is 21.7 Å². The fourth-order valence-corrected chi connectivity index (χ4v) is 7.62. The van der Waals surface area contributed by atoms with Gasteiger partial charge >= 0.3 is 0 Å². The summed E-state index contributed by atoms with van der Waals surface area (Å²) >= 11 is 0. The molecule has 1 aliphatic rings. The Balaban J connectivity index is 3.71. The molecule has 40 heavy (non-hydrogen) atoms. The number of hydrogen-bond donors (Lipinski definition) is 0. The van der Waals surface area contributed by atoms with Gasteiger partial charge in [0.25, 0.3) is 5.79 Å². The van der Waals surface area contributed by atoms with E-state index in [0.29, 0.717) is 6.61 Å². The predicted molar refractivity (Wildman–Crippen MR) is 181 cm³/mol. The zero-order valence-corrected chi connectivity index (χ0v) is 33.3. The summed E-state index contributed by atoms with van der Waals surface area (Å²) in [5, 5.41) is 0.0111. The van der Waals surface area contributed by atoms with Gasteiger partial charge in [-0.05, 0) is 60.3 Å². The Bertz CT molecular complexity index is 962.